The maximum absolute atomic E-state index is 5.64. The number of ether oxygens (including phenoxy) is 2. The lowest BCUT2D eigenvalue weighted by molar-refractivity contribution is 0.310. The van der Waals surface area contributed by atoms with E-state index in [0.717, 1.165) is 54.8 Å². The summed E-state index contributed by atoms with van der Waals surface area (Å²) in [6, 6.07) is 8.02. The molecule has 0 unspecified atom stereocenters. The molecule has 0 radical (unpaired) electrons. The van der Waals surface area contributed by atoms with Crippen molar-refractivity contribution in [1.29, 1.82) is 0 Å². The third kappa shape index (κ3) is 8.12. The van der Waals surface area contributed by atoms with Crippen LogP contribution < -0.4 is 20.1 Å². The highest BCUT2D eigenvalue weighted by Crippen LogP contribution is 2.28. The molecule has 0 bridgehead atoms. The largest absolute Gasteiger partial charge is 0.493 e. The molecule has 8 heteroatoms. The molecule has 2 rings (SSSR count). The van der Waals surface area contributed by atoms with Gasteiger partial charge in [0, 0.05) is 25.3 Å². The molecule has 0 fully saturated rings. The van der Waals surface area contributed by atoms with Crippen LogP contribution in [0.1, 0.15) is 37.2 Å². The van der Waals surface area contributed by atoms with Crippen molar-refractivity contribution in [3.05, 3.63) is 41.2 Å². The quantitative estimate of drug-likeness (QED) is 0.219. The summed E-state index contributed by atoms with van der Waals surface area (Å²) in [7, 11) is 1.65. The summed E-state index contributed by atoms with van der Waals surface area (Å²) in [5.74, 6) is 2.30. The molecule has 29 heavy (non-hydrogen) atoms. The van der Waals surface area contributed by atoms with Crippen molar-refractivity contribution >= 4 is 29.9 Å². The Hall–Kier alpha value is -1.97. The van der Waals surface area contributed by atoms with E-state index in [1.807, 2.05) is 36.7 Å². The van der Waals surface area contributed by atoms with Gasteiger partial charge in [-0.2, -0.15) is 5.10 Å². The number of aliphatic imine (C=N–C) groups is 1. The van der Waals surface area contributed by atoms with Crippen LogP contribution in [0, 0.1) is 13.8 Å². The minimum Gasteiger partial charge on any atom is -0.493 e. The molecule has 0 aliphatic carbocycles. The second-order valence-electron chi connectivity index (χ2n) is 6.54. The van der Waals surface area contributed by atoms with Gasteiger partial charge in [0.05, 0.1) is 26.0 Å². The molecule has 0 amide bonds. The van der Waals surface area contributed by atoms with E-state index in [2.05, 4.69) is 40.6 Å². The number of hydrogen-bond acceptors (Lipinski definition) is 4. The van der Waals surface area contributed by atoms with Gasteiger partial charge in [-0.3, -0.25) is 4.68 Å². The van der Waals surface area contributed by atoms with Gasteiger partial charge in [-0.1, -0.05) is 6.07 Å². The summed E-state index contributed by atoms with van der Waals surface area (Å²) in [6.45, 7) is 11.8. The lowest BCUT2D eigenvalue weighted by Gasteiger charge is -2.13. The zero-order valence-corrected chi connectivity index (χ0v) is 20.4. The summed E-state index contributed by atoms with van der Waals surface area (Å²) in [4.78, 5) is 4.68. The van der Waals surface area contributed by atoms with Crippen LogP contribution in [0.15, 0.2) is 29.3 Å². The van der Waals surface area contributed by atoms with Gasteiger partial charge >= 0.3 is 0 Å². The molecule has 0 saturated heterocycles. The number of halogens is 1. The van der Waals surface area contributed by atoms with Crippen LogP contribution in [0.2, 0.25) is 0 Å². The van der Waals surface area contributed by atoms with Crippen molar-refractivity contribution in [2.24, 2.45) is 4.99 Å². The molecular weight excluding hydrogens is 481 g/mol. The highest BCUT2D eigenvalue weighted by molar-refractivity contribution is 14.0. The molecule has 1 aromatic heterocycles. The average Bonchev–Trinajstić information content (AvgIpc) is 3.00. The topological polar surface area (TPSA) is 72.7 Å². The fourth-order valence-electron chi connectivity index (χ4n) is 2.94. The summed E-state index contributed by atoms with van der Waals surface area (Å²) in [6.07, 6.45) is 0.976. The minimum atomic E-state index is 0. The number of benzene rings is 1. The van der Waals surface area contributed by atoms with Crippen LogP contribution in [0.25, 0.3) is 0 Å². The van der Waals surface area contributed by atoms with Crippen LogP contribution >= 0.6 is 24.0 Å². The molecule has 0 spiro atoms. The Morgan fingerprint density at radius 3 is 2.55 bits per heavy atom. The van der Waals surface area contributed by atoms with Crippen LogP contribution in [-0.4, -0.2) is 42.5 Å². The van der Waals surface area contributed by atoms with E-state index in [4.69, 9.17) is 9.47 Å². The smallest absolute Gasteiger partial charge is 0.191 e. The molecule has 1 aromatic carbocycles. The molecule has 2 N–H and O–H groups in total. The number of aryl methyl sites for hydroxylation is 3. The number of methoxy groups -OCH3 is 1. The second kappa shape index (κ2) is 13.3. The highest BCUT2D eigenvalue weighted by atomic mass is 127. The lowest BCUT2D eigenvalue weighted by atomic mass is 10.2. The summed E-state index contributed by atoms with van der Waals surface area (Å²) in [5.41, 5.74) is 3.33. The van der Waals surface area contributed by atoms with Gasteiger partial charge in [-0.05, 0) is 57.9 Å². The molecule has 2 aromatic rings. The Labute approximate surface area is 191 Å². The van der Waals surface area contributed by atoms with E-state index in [0.29, 0.717) is 13.2 Å². The van der Waals surface area contributed by atoms with E-state index in [9.17, 15) is 0 Å². The standard InChI is InChI=1S/C21H33N5O2.HI/c1-6-22-21(23-11-8-12-26-17(4)13-16(3)25-26)24-15-18-9-10-19(27-5)20(14-18)28-7-2;/h9-10,13-14H,6-8,11-12,15H2,1-5H3,(H2,22,23,24);1H. The Kier molecular flexibility index (Phi) is 11.5. The van der Waals surface area contributed by atoms with Gasteiger partial charge in [0.15, 0.2) is 17.5 Å². The van der Waals surface area contributed by atoms with Crippen molar-refractivity contribution in [1.82, 2.24) is 20.4 Å². The van der Waals surface area contributed by atoms with Gasteiger partial charge in [-0.15, -0.1) is 24.0 Å². The summed E-state index contributed by atoms with van der Waals surface area (Å²) in [5, 5.41) is 11.2. The molecule has 0 aliphatic rings. The van der Waals surface area contributed by atoms with E-state index < -0.39 is 0 Å². The second-order valence-corrected chi connectivity index (χ2v) is 6.54. The summed E-state index contributed by atoms with van der Waals surface area (Å²) >= 11 is 0. The molecule has 0 atom stereocenters. The SMILES string of the molecule is CCNC(=NCc1ccc(OC)c(OCC)c1)NCCCn1nc(C)cc1C.I. The zero-order valence-electron chi connectivity index (χ0n) is 18.1. The first kappa shape index (κ1) is 25.1. The highest BCUT2D eigenvalue weighted by Gasteiger charge is 2.06. The van der Waals surface area contributed by atoms with Crippen molar-refractivity contribution in [3.8, 4) is 11.5 Å². The van der Waals surface area contributed by atoms with Gasteiger partial charge in [0.2, 0.25) is 0 Å². The molecule has 162 valence electrons. The molecule has 1 heterocycles. The zero-order chi connectivity index (χ0) is 20.4. The fourth-order valence-corrected chi connectivity index (χ4v) is 2.94. The average molecular weight is 515 g/mol. The van der Waals surface area contributed by atoms with E-state index in [1.54, 1.807) is 7.11 Å². The van der Waals surface area contributed by atoms with E-state index >= 15 is 0 Å². The monoisotopic (exact) mass is 515 g/mol. The van der Waals surface area contributed by atoms with Crippen LogP contribution in [0.4, 0.5) is 0 Å². The predicted molar refractivity (Wildman–Crippen MR) is 129 cm³/mol. The third-order valence-electron chi connectivity index (χ3n) is 4.23. The maximum atomic E-state index is 5.64. The Morgan fingerprint density at radius 2 is 1.93 bits per heavy atom. The lowest BCUT2D eigenvalue weighted by Crippen LogP contribution is -2.38. The molecule has 7 nitrogen and oxygen atoms in total. The number of rotatable bonds is 10. The van der Waals surface area contributed by atoms with Crippen LogP contribution in [0.3, 0.4) is 0 Å². The van der Waals surface area contributed by atoms with Crippen molar-refractivity contribution in [3.63, 3.8) is 0 Å². The molecule has 0 aliphatic heterocycles. The van der Waals surface area contributed by atoms with E-state index in [1.165, 1.54) is 5.69 Å². The third-order valence-corrected chi connectivity index (χ3v) is 4.23. The molecule has 0 saturated carbocycles. The number of hydrogen-bond donors (Lipinski definition) is 2. The van der Waals surface area contributed by atoms with Crippen molar-refractivity contribution in [2.45, 2.75) is 47.2 Å². The van der Waals surface area contributed by atoms with Gasteiger partial charge in [0.1, 0.15) is 0 Å². The first-order valence-corrected chi connectivity index (χ1v) is 9.90. The minimum absolute atomic E-state index is 0. The Morgan fingerprint density at radius 1 is 1.14 bits per heavy atom. The number of nitrogens with zero attached hydrogens (tertiary/aromatic N) is 3. The van der Waals surface area contributed by atoms with Crippen LogP contribution in [0.5, 0.6) is 11.5 Å². The fraction of sp³-hybridized carbons (Fsp3) is 0.524. The van der Waals surface area contributed by atoms with Gasteiger partial charge in [0.25, 0.3) is 0 Å². The number of guanidine groups is 1. The number of nitrogens with one attached hydrogen (secondary N) is 2. The first-order chi connectivity index (χ1) is 13.6. The van der Waals surface area contributed by atoms with E-state index in [-0.39, 0.29) is 24.0 Å². The normalized spacial score (nSPS) is 11.0. The Balaban J connectivity index is 0.00000420. The Bertz CT molecular complexity index is 776. The predicted octanol–water partition coefficient (Wildman–Crippen LogP) is 3.67. The van der Waals surface area contributed by atoms with Gasteiger partial charge in [-0.25, -0.2) is 4.99 Å². The van der Waals surface area contributed by atoms with Crippen molar-refractivity contribution in [2.75, 3.05) is 26.8 Å². The first-order valence-electron chi connectivity index (χ1n) is 9.90. The van der Waals surface area contributed by atoms with Gasteiger partial charge < -0.3 is 20.1 Å². The number of aromatic nitrogens is 2. The van der Waals surface area contributed by atoms with Crippen molar-refractivity contribution < 1.29 is 9.47 Å². The van der Waals surface area contributed by atoms with Crippen LogP contribution in [-0.2, 0) is 13.1 Å². The maximum Gasteiger partial charge on any atom is 0.191 e. The summed E-state index contributed by atoms with van der Waals surface area (Å²) < 4.78 is 13.0. The molecular formula is C21H34IN5O2.